The lowest BCUT2D eigenvalue weighted by atomic mass is 10.1. The van der Waals surface area contributed by atoms with Crippen molar-refractivity contribution in [2.24, 2.45) is 0 Å². The van der Waals surface area contributed by atoms with Gasteiger partial charge in [-0.1, -0.05) is 23.4 Å². The SMILES string of the molecule is CSc1nccc(-c2cn(C(C)C)nc2-c2ccc(Cl)s2)n1. The summed E-state index contributed by atoms with van der Waals surface area (Å²) in [5, 5.41) is 5.48. The quantitative estimate of drug-likeness (QED) is 0.489. The minimum Gasteiger partial charge on any atom is -0.269 e. The lowest BCUT2D eigenvalue weighted by Gasteiger charge is -2.03. The molecule has 3 rings (SSSR count). The Labute approximate surface area is 142 Å². The number of aromatic nitrogens is 4. The molecule has 7 heteroatoms. The van der Waals surface area contributed by atoms with Crippen molar-refractivity contribution in [1.82, 2.24) is 19.7 Å². The highest BCUT2D eigenvalue weighted by molar-refractivity contribution is 7.98. The first kappa shape index (κ1) is 15.5. The van der Waals surface area contributed by atoms with Crippen LogP contribution in [0.3, 0.4) is 0 Å². The van der Waals surface area contributed by atoms with Gasteiger partial charge in [0, 0.05) is 24.0 Å². The molecule has 0 aliphatic rings. The zero-order valence-corrected chi connectivity index (χ0v) is 14.8. The van der Waals surface area contributed by atoms with Crippen LogP contribution >= 0.6 is 34.7 Å². The van der Waals surface area contributed by atoms with Crippen molar-refractivity contribution in [3.05, 3.63) is 34.9 Å². The van der Waals surface area contributed by atoms with Crippen LogP contribution in [0.25, 0.3) is 21.8 Å². The van der Waals surface area contributed by atoms with Gasteiger partial charge in [0.05, 0.1) is 14.9 Å². The van der Waals surface area contributed by atoms with Crippen LogP contribution in [0.1, 0.15) is 19.9 Å². The third-order valence-electron chi connectivity index (χ3n) is 3.16. The van der Waals surface area contributed by atoms with Crippen molar-refractivity contribution >= 4 is 34.7 Å². The maximum atomic E-state index is 6.08. The van der Waals surface area contributed by atoms with E-state index in [0.717, 1.165) is 31.3 Å². The first-order valence-corrected chi connectivity index (χ1v) is 9.22. The molecule has 3 aromatic rings. The summed E-state index contributed by atoms with van der Waals surface area (Å²) in [7, 11) is 0. The van der Waals surface area contributed by atoms with Gasteiger partial charge in [-0.25, -0.2) is 9.97 Å². The van der Waals surface area contributed by atoms with Gasteiger partial charge in [0.1, 0.15) is 5.69 Å². The van der Waals surface area contributed by atoms with Crippen molar-refractivity contribution in [2.45, 2.75) is 25.0 Å². The van der Waals surface area contributed by atoms with Crippen molar-refractivity contribution in [2.75, 3.05) is 6.26 Å². The van der Waals surface area contributed by atoms with Gasteiger partial charge in [0.25, 0.3) is 0 Å². The van der Waals surface area contributed by atoms with E-state index in [2.05, 4.69) is 23.8 Å². The van der Waals surface area contributed by atoms with Crippen LogP contribution in [-0.2, 0) is 0 Å². The summed E-state index contributed by atoms with van der Waals surface area (Å²) in [6, 6.07) is 6.10. The maximum absolute atomic E-state index is 6.08. The molecule has 0 spiro atoms. The predicted molar refractivity (Wildman–Crippen MR) is 93.7 cm³/mol. The van der Waals surface area contributed by atoms with Crippen LogP contribution in [0.15, 0.2) is 35.7 Å². The fraction of sp³-hybridized carbons (Fsp3) is 0.267. The largest absolute Gasteiger partial charge is 0.269 e. The summed E-state index contributed by atoms with van der Waals surface area (Å²) in [5.41, 5.74) is 2.80. The molecule has 0 N–H and O–H groups in total. The minimum atomic E-state index is 0.282. The summed E-state index contributed by atoms with van der Waals surface area (Å²) >= 11 is 9.13. The molecule has 0 aliphatic carbocycles. The van der Waals surface area contributed by atoms with E-state index in [4.69, 9.17) is 16.7 Å². The van der Waals surface area contributed by atoms with Crippen LogP contribution in [0.4, 0.5) is 0 Å². The van der Waals surface area contributed by atoms with Crippen molar-refractivity contribution < 1.29 is 0 Å². The van der Waals surface area contributed by atoms with E-state index in [-0.39, 0.29) is 6.04 Å². The Hall–Kier alpha value is -1.37. The van der Waals surface area contributed by atoms with Crippen LogP contribution in [0.2, 0.25) is 4.34 Å². The van der Waals surface area contributed by atoms with E-state index in [1.807, 2.05) is 35.3 Å². The van der Waals surface area contributed by atoms with Gasteiger partial charge < -0.3 is 0 Å². The second-order valence-electron chi connectivity index (χ2n) is 5.00. The number of thiophene rings is 1. The number of rotatable bonds is 4. The summed E-state index contributed by atoms with van der Waals surface area (Å²) in [6.07, 6.45) is 5.79. The summed E-state index contributed by atoms with van der Waals surface area (Å²) < 4.78 is 2.71. The van der Waals surface area contributed by atoms with Gasteiger partial charge in [-0.05, 0) is 38.3 Å². The zero-order chi connectivity index (χ0) is 15.7. The van der Waals surface area contributed by atoms with E-state index in [1.165, 1.54) is 23.1 Å². The lowest BCUT2D eigenvalue weighted by molar-refractivity contribution is 0.534. The topological polar surface area (TPSA) is 43.6 Å². The zero-order valence-electron chi connectivity index (χ0n) is 12.4. The average Bonchev–Trinajstić information content (AvgIpc) is 3.13. The van der Waals surface area contributed by atoms with Gasteiger partial charge in [-0.3, -0.25) is 4.68 Å². The smallest absolute Gasteiger partial charge is 0.187 e. The van der Waals surface area contributed by atoms with Gasteiger partial charge in [-0.15, -0.1) is 11.3 Å². The van der Waals surface area contributed by atoms with Crippen LogP contribution in [-0.4, -0.2) is 26.0 Å². The molecule has 0 saturated carbocycles. The van der Waals surface area contributed by atoms with Crippen LogP contribution in [0.5, 0.6) is 0 Å². The summed E-state index contributed by atoms with van der Waals surface area (Å²) in [4.78, 5) is 9.88. The Kier molecular flexibility index (Phi) is 4.52. The molecule has 3 heterocycles. The molecular formula is C15H15ClN4S2. The highest BCUT2D eigenvalue weighted by atomic mass is 35.5. The molecule has 0 fully saturated rings. The summed E-state index contributed by atoms with van der Waals surface area (Å²) in [6.45, 7) is 4.21. The third kappa shape index (κ3) is 3.04. The molecule has 0 unspecified atom stereocenters. The first-order chi connectivity index (χ1) is 10.6. The average molecular weight is 351 g/mol. The molecule has 22 heavy (non-hydrogen) atoms. The molecule has 0 aromatic carbocycles. The monoisotopic (exact) mass is 350 g/mol. The van der Waals surface area contributed by atoms with E-state index >= 15 is 0 Å². The van der Waals surface area contributed by atoms with E-state index in [1.54, 1.807) is 6.20 Å². The van der Waals surface area contributed by atoms with Gasteiger partial charge in [0.15, 0.2) is 5.16 Å². The Bertz CT molecular complexity index is 794. The molecule has 114 valence electrons. The van der Waals surface area contributed by atoms with E-state index in [0.29, 0.717) is 0 Å². The molecular weight excluding hydrogens is 336 g/mol. The van der Waals surface area contributed by atoms with Gasteiger partial charge in [-0.2, -0.15) is 5.10 Å². The molecule has 0 radical (unpaired) electrons. The fourth-order valence-corrected chi connectivity index (χ4v) is 3.45. The molecule has 0 atom stereocenters. The molecule has 0 saturated heterocycles. The number of hydrogen-bond acceptors (Lipinski definition) is 5. The Morgan fingerprint density at radius 2 is 2.09 bits per heavy atom. The van der Waals surface area contributed by atoms with Crippen LogP contribution in [0, 0.1) is 0 Å². The van der Waals surface area contributed by atoms with Crippen molar-refractivity contribution in [3.63, 3.8) is 0 Å². The Morgan fingerprint density at radius 3 is 2.73 bits per heavy atom. The third-order valence-corrected chi connectivity index (χ3v) is 4.96. The number of nitrogens with zero attached hydrogens (tertiary/aromatic N) is 4. The van der Waals surface area contributed by atoms with Crippen LogP contribution < -0.4 is 0 Å². The highest BCUT2D eigenvalue weighted by Gasteiger charge is 2.17. The Balaban J connectivity index is 2.16. The van der Waals surface area contributed by atoms with Gasteiger partial charge >= 0.3 is 0 Å². The standard InChI is InChI=1S/C15H15ClN4S2/c1-9(2)20-8-10(11-6-7-17-15(18-11)21-3)14(19-20)12-4-5-13(16)22-12/h4-9H,1-3H3. The molecule has 0 amide bonds. The number of halogens is 1. The normalized spacial score (nSPS) is 11.3. The van der Waals surface area contributed by atoms with Crippen molar-refractivity contribution in [1.29, 1.82) is 0 Å². The minimum absolute atomic E-state index is 0.282. The van der Waals surface area contributed by atoms with E-state index in [9.17, 15) is 0 Å². The molecule has 4 nitrogen and oxygen atoms in total. The highest BCUT2D eigenvalue weighted by Crippen LogP contribution is 2.36. The van der Waals surface area contributed by atoms with E-state index < -0.39 is 0 Å². The molecule has 3 aromatic heterocycles. The fourth-order valence-electron chi connectivity index (χ4n) is 2.06. The second kappa shape index (κ2) is 6.40. The Morgan fingerprint density at radius 1 is 1.27 bits per heavy atom. The van der Waals surface area contributed by atoms with Crippen molar-refractivity contribution in [3.8, 4) is 21.8 Å². The molecule has 0 bridgehead atoms. The predicted octanol–water partition coefficient (Wildman–Crippen LogP) is 5.02. The second-order valence-corrected chi connectivity index (χ2v) is 7.49. The first-order valence-electron chi connectivity index (χ1n) is 6.80. The molecule has 0 aliphatic heterocycles. The lowest BCUT2D eigenvalue weighted by Crippen LogP contribution is -2.00. The number of hydrogen-bond donors (Lipinski definition) is 0. The maximum Gasteiger partial charge on any atom is 0.187 e. The summed E-state index contributed by atoms with van der Waals surface area (Å²) in [5.74, 6) is 0. The van der Waals surface area contributed by atoms with Gasteiger partial charge in [0.2, 0.25) is 0 Å². The number of thioether (sulfide) groups is 1.